The van der Waals surface area contributed by atoms with Crippen molar-refractivity contribution in [2.24, 2.45) is 0 Å². The third kappa shape index (κ3) is 3.26. The first-order valence-corrected chi connectivity index (χ1v) is 4.60. The molecule has 1 aliphatic rings. The van der Waals surface area contributed by atoms with Gasteiger partial charge < -0.3 is 4.74 Å². The van der Waals surface area contributed by atoms with Gasteiger partial charge in [0, 0.05) is 5.38 Å². The molecule has 3 atom stereocenters. The Morgan fingerprint density at radius 3 is 2.73 bits per heavy atom. The normalized spacial score (nSPS) is 34.8. The molecular formula is C9H15ClO. The third-order valence-corrected chi connectivity index (χ3v) is 2.00. The molecule has 0 saturated carbocycles. The number of rotatable bonds is 2. The molecule has 0 aromatic heterocycles. The van der Waals surface area contributed by atoms with E-state index in [1.165, 1.54) is 6.42 Å². The van der Waals surface area contributed by atoms with Crippen LogP contribution in [0.15, 0.2) is 12.2 Å². The minimum atomic E-state index is 0.120. The van der Waals surface area contributed by atoms with Crippen LogP contribution in [0.1, 0.15) is 26.7 Å². The Morgan fingerprint density at radius 2 is 2.27 bits per heavy atom. The van der Waals surface area contributed by atoms with Crippen molar-refractivity contribution in [2.45, 2.75) is 44.3 Å². The zero-order valence-electron chi connectivity index (χ0n) is 7.09. The van der Waals surface area contributed by atoms with E-state index in [1.54, 1.807) is 0 Å². The van der Waals surface area contributed by atoms with E-state index in [2.05, 4.69) is 13.0 Å². The Hall–Kier alpha value is -0.0100. The minimum Gasteiger partial charge on any atom is -0.371 e. The zero-order chi connectivity index (χ0) is 8.27. The van der Waals surface area contributed by atoms with E-state index in [-0.39, 0.29) is 5.38 Å². The van der Waals surface area contributed by atoms with Crippen LogP contribution in [0.2, 0.25) is 0 Å². The van der Waals surface area contributed by atoms with Crippen molar-refractivity contribution in [3.8, 4) is 0 Å². The predicted molar refractivity (Wildman–Crippen MR) is 48.0 cm³/mol. The highest BCUT2D eigenvalue weighted by Crippen LogP contribution is 2.20. The Labute approximate surface area is 73.4 Å². The van der Waals surface area contributed by atoms with Gasteiger partial charge in [0.15, 0.2) is 0 Å². The van der Waals surface area contributed by atoms with Crippen molar-refractivity contribution in [2.75, 3.05) is 0 Å². The monoisotopic (exact) mass is 174 g/mol. The van der Waals surface area contributed by atoms with Crippen LogP contribution in [-0.4, -0.2) is 17.6 Å². The molecule has 0 spiro atoms. The number of halogens is 1. The van der Waals surface area contributed by atoms with Crippen molar-refractivity contribution >= 4 is 11.6 Å². The van der Waals surface area contributed by atoms with E-state index in [4.69, 9.17) is 16.3 Å². The van der Waals surface area contributed by atoms with Crippen LogP contribution in [0.4, 0.5) is 0 Å². The van der Waals surface area contributed by atoms with Gasteiger partial charge >= 0.3 is 0 Å². The molecule has 64 valence electrons. The molecular weight excluding hydrogens is 160 g/mol. The van der Waals surface area contributed by atoms with Crippen LogP contribution >= 0.6 is 11.6 Å². The quantitative estimate of drug-likeness (QED) is 0.462. The van der Waals surface area contributed by atoms with Crippen LogP contribution in [0.5, 0.6) is 0 Å². The first-order valence-electron chi connectivity index (χ1n) is 4.16. The van der Waals surface area contributed by atoms with E-state index in [1.807, 2.05) is 13.0 Å². The fourth-order valence-corrected chi connectivity index (χ4v) is 1.34. The molecule has 0 aromatic carbocycles. The molecule has 1 saturated heterocycles. The Kier molecular flexibility index (Phi) is 3.41. The molecule has 0 aromatic rings. The lowest BCUT2D eigenvalue weighted by Gasteiger charge is -2.05. The summed E-state index contributed by atoms with van der Waals surface area (Å²) in [4.78, 5) is 0. The summed E-state index contributed by atoms with van der Waals surface area (Å²) >= 11 is 5.75. The molecule has 0 amide bonds. The second kappa shape index (κ2) is 4.13. The van der Waals surface area contributed by atoms with Crippen molar-refractivity contribution in [1.82, 2.24) is 0 Å². The van der Waals surface area contributed by atoms with Gasteiger partial charge in [-0.25, -0.2) is 0 Å². The van der Waals surface area contributed by atoms with Gasteiger partial charge in [0.2, 0.25) is 0 Å². The number of ether oxygens (including phenoxy) is 1. The lowest BCUT2D eigenvalue weighted by Crippen LogP contribution is -2.04. The SMILES string of the molecule is CC(Cl)/C=C/C1CCC(C)O1. The minimum absolute atomic E-state index is 0.120. The summed E-state index contributed by atoms with van der Waals surface area (Å²) in [5.74, 6) is 0. The van der Waals surface area contributed by atoms with Crippen LogP contribution < -0.4 is 0 Å². The van der Waals surface area contributed by atoms with Crippen molar-refractivity contribution < 1.29 is 4.74 Å². The van der Waals surface area contributed by atoms with Crippen molar-refractivity contribution in [3.63, 3.8) is 0 Å². The van der Waals surface area contributed by atoms with Crippen LogP contribution in [0, 0.1) is 0 Å². The number of allylic oxidation sites excluding steroid dienone is 1. The maximum absolute atomic E-state index is 5.75. The van der Waals surface area contributed by atoms with E-state index >= 15 is 0 Å². The first kappa shape index (κ1) is 9.08. The molecule has 2 heteroatoms. The Morgan fingerprint density at radius 1 is 1.55 bits per heavy atom. The maximum atomic E-state index is 5.75. The second-order valence-electron chi connectivity index (χ2n) is 3.12. The largest absolute Gasteiger partial charge is 0.371 e. The van der Waals surface area contributed by atoms with Gasteiger partial charge in [-0.3, -0.25) is 0 Å². The molecule has 1 fully saturated rings. The van der Waals surface area contributed by atoms with Gasteiger partial charge in [0.25, 0.3) is 0 Å². The molecule has 1 heterocycles. The molecule has 0 N–H and O–H groups in total. The molecule has 1 rings (SSSR count). The molecule has 0 bridgehead atoms. The molecule has 11 heavy (non-hydrogen) atoms. The topological polar surface area (TPSA) is 9.23 Å². The number of alkyl halides is 1. The summed E-state index contributed by atoms with van der Waals surface area (Å²) in [5, 5.41) is 0.120. The van der Waals surface area contributed by atoms with Crippen LogP contribution in [0.3, 0.4) is 0 Å². The summed E-state index contributed by atoms with van der Waals surface area (Å²) in [6.45, 7) is 4.06. The van der Waals surface area contributed by atoms with Gasteiger partial charge in [0.05, 0.1) is 12.2 Å². The summed E-state index contributed by atoms with van der Waals surface area (Å²) in [5.41, 5.74) is 0. The summed E-state index contributed by atoms with van der Waals surface area (Å²) in [7, 11) is 0. The van der Waals surface area contributed by atoms with Gasteiger partial charge in [-0.1, -0.05) is 12.2 Å². The van der Waals surface area contributed by atoms with Gasteiger partial charge in [-0.05, 0) is 26.7 Å². The predicted octanol–water partition coefficient (Wildman–Crippen LogP) is 2.74. The second-order valence-corrected chi connectivity index (χ2v) is 3.81. The maximum Gasteiger partial charge on any atom is 0.0760 e. The van der Waals surface area contributed by atoms with Crippen molar-refractivity contribution in [3.05, 3.63) is 12.2 Å². The highest BCUT2D eigenvalue weighted by molar-refractivity contribution is 6.21. The Bertz CT molecular complexity index is 142. The summed E-state index contributed by atoms with van der Waals surface area (Å²) in [6.07, 6.45) is 7.11. The van der Waals surface area contributed by atoms with Crippen LogP contribution in [0.25, 0.3) is 0 Å². The number of hydrogen-bond donors (Lipinski definition) is 0. The van der Waals surface area contributed by atoms with E-state index < -0.39 is 0 Å². The Balaban J connectivity index is 2.28. The fourth-order valence-electron chi connectivity index (χ4n) is 1.25. The summed E-state index contributed by atoms with van der Waals surface area (Å²) in [6, 6.07) is 0. The smallest absolute Gasteiger partial charge is 0.0760 e. The zero-order valence-corrected chi connectivity index (χ0v) is 7.84. The molecule has 0 radical (unpaired) electrons. The van der Waals surface area contributed by atoms with E-state index in [9.17, 15) is 0 Å². The standard InChI is InChI=1S/C9H15ClO/c1-7(10)3-5-9-6-4-8(2)11-9/h3,5,7-9H,4,6H2,1-2H3/b5-3+. The van der Waals surface area contributed by atoms with Gasteiger partial charge in [-0.15, -0.1) is 11.6 Å². The van der Waals surface area contributed by atoms with Gasteiger partial charge in [0.1, 0.15) is 0 Å². The average Bonchev–Trinajstić information content (AvgIpc) is 2.31. The first-order chi connectivity index (χ1) is 5.18. The highest BCUT2D eigenvalue weighted by atomic mass is 35.5. The lowest BCUT2D eigenvalue weighted by molar-refractivity contribution is 0.0832. The number of hydrogen-bond acceptors (Lipinski definition) is 1. The van der Waals surface area contributed by atoms with Crippen LogP contribution in [-0.2, 0) is 4.74 Å². The lowest BCUT2D eigenvalue weighted by atomic mass is 10.2. The van der Waals surface area contributed by atoms with E-state index in [0.29, 0.717) is 12.2 Å². The molecule has 1 aliphatic heterocycles. The fraction of sp³-hybridized carbons (Fsp3) is 0.778. The van der Waals surface area contributed by atoms with Gasteiger partial charge in [-0.2, -0.15) is 0 Å². The highest BCUT2D eigenvalue weighted by Gasteiger charge is 2.18. The van der Waals surface area contributed by atoms with Crippen molar-refractivity contribution in [1.29, 1.82) is 0 Å². The molecule has 0 aliphatic carbocycles. The summed E-state index contributed by atoms with van der Waals surface area (Å²) < 4.78 is 5.57. The van der Waals surface area contributed by atoms with E-state index in [0.717, 1.165) is 6.42 Å². The average molecular weight is 175 g/mol. The third-order valence-electron chi connectivity index (χ3n) is 1.86. The molecule has 3 unspecified atom stereocenters. The molecule has 1 nitrogen and oxygen atoms in total.